The zero-order chi connectivity index (χ0) is 14.4. The molecule has 0 aliphatic carbocycles. The van der Waals surface area contributed by atoms with Gasteiger partial charge in [-0.3, -0.25) is 9.59 Å². The third-order valence-corrected chi connectivity index (χ3v) is 3.29. The second kappa shape index (κ2) is 7.28. The molecule has 0 aliphatic heterocycles. The summed E-state index contributed by atoms with van der Waals surface area (Å²) in [6.45, 7) is 2.79. The molecule has 0 aromatic heterocycles. The molecule has 1 amide bonds. The third-order valence-electron chi connectivity index (χ3n) is 2.37. The highest BCUT2D eigenvalue weighted by Gasteiger charge is 2.19. The van der Waals surface area contributed by atoms with Crippen LogP contribution in [-0.2, 0) is 9.59 Å². The van der Waals surface area contributed by atoms with Gasteiger partial charge in [-0.15, -0.1) is 0 Å². The number of carbonyl (C=O) groups excluding carboxylic acids is 2. The van der Waals surface area contributed by atoms with Crippen molar-refractivity contribution in [3.05, 3.63) is 29.8 Å². The van der Waals surface area contributed by atoms with Crippen molar-refractivity contribution in [1.29, 1.82) is 0 Å². The Morgan fingerprint density at radius 3 is 2.58 bits per heavy atom. The van der Waals surface area contributed by atoms with Gasteiger partial charge in [0, 0.05) is 25.3 Å². The van der Waals surface area contributed by atoms with E-state index >= 15 is 0 Å². The van der Waals surface area contributed by atoms with Crippen LogP contribution in [-0.4, -0.2) is 33.1 Å². The van der Waals surface area contributed by atoms with Crippen molar-refractivity contribution in [3.63, 3.8) is 0 Å². The Morgan fingerprint density at radius 2 is 2.00 bits per heavy atom. The number of hydrogen-bond acceptors (Lipinski definition) is 5. The molecule has 0 bridgehead atoms. The minimum atomic E-state index is -1.10. The highest BCUT2D eigenvalue weighted by atomic mass is 32.2. The number of benzene rings is 1. The number of nitrogens with one attached hydrogen (secondary N) is 1. The second-order valence-electron chi connectivity index (χ2n) is 4.12. The minimum Gasteiger partial charge on any atom is -0.389 e. The molecule has 0 heterocycles. The van der Waals surface area contributed by atoms with E-state index in [1.54, 1.807) is 24.3 Å². The van der Waals surface area contributed by atoms with Gasteiger partial charge in [0.25, 0.3) is 0 Å². The average molecular weight is 283 g/mol. The van der Waals surface area contributed by atoms with E-state index in [0.29, 0.717) is 11.3 Å². The Hall–Kier alpha value is -1.37. The van der Waals surface area contributed by atoms with Crippen LogP contribution < -0.4 is 5.32 Å². The SMILES string of the molecule is CC(=O)Nc1cccc(C(O)C(O)CSC(C)=O)c1. The van der Waals surface area contributed by atoms with E-state index in [9.17, 15) is 19.8 Å². The lowest BCUT2D eigenvalue weighted by Crippen LogP contribution is -2.21. The van der Waals surface area contributed by atoms with Crippen molar-refractivity contribution in [2.24, 2.45) is 0 Å². The fraction of sp³-hybridized carbons (Fsp3) is 0.385. The van der Waals surface area contributed by atoms with Crippen LogP contribution in [0.3, 0.4) is 0 Å². The van der Waals surface area contributed by atoms with Gasteiger partial charge in [0.05, 0.1) is 6.10 Å². The monoisotopic (exact) mass is 283 g/mol. The molecule has 5 nitrogen and oxygen atoms in total. The number of carbonyl (C=O) groups is 2. The predicted molar refractivity (Wildman–Crippen MR) is 74.9 cm³/mol. The molecule has 0 spiro atoms. The Morgan fingerprint density at radius 1 is 1.32 bits per heavy atom. The van der Waals surface area contributed by atoms with Crippen molar-refractivity contribution in [1.82, 2.24) is 0 Å². The maximum atomic E-state index is 10.9. The topological polar surface area (TPSA) is 86.6 Å². The summed E-state index contributed by atoms with van der Waals surface area (Å²) in [4.78, 5) is 21.7. The molecule has 2 unspecified atom stereocenters. The van der Waals surface area contributed by atoms with Crippen LogP contribution in [0, 0.1) is 0 Å². The lowest BCUT2D eigenvalue weighted by molar-refractivity contribution is -0.114. The number of anilines is 1. The summed E-state index contributed by atoms with van der Waals surface area (Å²) in [5.41, 5.74) is 1.04. The van der Waals surface area contributed by atoms with Crippen LogP contribution in [0.4, 0.5) is 5.69 Å². The zero-order valence-corrected chi connectivity index (χ0v) is 11.6. The molecule has 0 saturated carbocycles. The molecule has 1 rings (SSSR count). The molecular formula is C13H17NO4S. The number of aliphatic hydroxyl groups excluding tert-OH is 2. The molecule has 0 saturated heterocycles. The average Bonchev–Trinajstić information content (AvgIpc) is 2.34. The van der Waals surface area contributed by atoms with Gasteiger partial charge >= 0.3 is 0 Å². The molecule has 0 aliphatic rings. The van der Waals surface area contributed by atoms with Crippen molar-refractivity contribution < 1.29 is 19.8 Å². The van der Waals surface area contributed by atoms with Crippen LogP contribution >= 0.6 is 11.8 Å². The quantitative estimate of drug-likeness (QED) is 0.758. The normalized spacial score (nSPS) is 13.7. The van der Waals surface area contributed by atoms with Crippen LogP contribution in [0.25, 0.3) is 0 Å². The molecule has 0 fully saturated rings. The Kier molecular flexibility index (Phi) is 6.01. The summed E-state index contributed by atoms with van der Waals surface area (Å²) in [7, 11) is 0. The van der Waals surface area contributed by atoms with Gasteiger partial charge in [-0.2, -0.15) is 0 Å². The van der Waals surface area contributed by atoms with E-state index in [1.165, 1.54) is 13.8 Å². The summed E-state index contributed by atoms with van der Waals surface area (Å²) < 4.78 is 0. The fourth-order valence-electron chi connectivity index (χ4n) is 1.52. The van der Waals surface area contributed by atoms with Gasteiger partial charge in [0.1, 0.15) is 6.10 Å². The van der Waals surface area contributed by atoms with Crippen molar-refractivity contribution in [2.75, 3.05) is 11.1 Å². The lowest BCUT2D eigenvalue weighted by atomic mass is 10.0. The molecule has 0 radical (unpaired) electrons. The van der Waals surface area contributed by atoms with Crippen molar-refractivity contribution in [3.8, 4) is 0 Å². The van der Waals surface area contributed by atoms with Crippen molar-refractivity contribution >= 4 is 28.5 Å². The van der Waals surface area contributed by atoms with E-state index in [4.69, 9.17) is 0 Å². The van der Waals surface area contributed by atoms with Crippen LogP contribution in [0.5, 0.6) is 0 Å². The number of amides is 1. The maximum Gasteiger partial charge on any atom is 0.221 e. The van der Waals surface area contributed by atoms with E-state index in [1.807, 2.05) is 0 Å². The molecule has 2 atom stereocenters. The first kappa shape index (κ1) is 15.7. The molecule has 1 aromatic rings. The summed E-state index contributed by atoms with van der Waals surface area (Å²) in [6, 6.07) is 6.61. The standard InChI is InChI=1S/C13H17NO4S/c1-8(15)14-11-5-3-4-10(6-11)13(18)12(17)7-19-9(2)16/h3-6,12-13,17-18H,7H2,1-2H3,(H,14,15). The summed E-state index contributed by atoms with van der Waals surface area (Å²) in [5.74, 6) is -0.0831. The lowest BCUT2D eigenvalue weighted by Gasteiger charge is -2.18. The van der Waals surface area contributed by atoms with E-state index < -0.39 is 12.2 Å². The predicted octanol–water partition coefficient (Wildman–Crippen LogP) is 1.32. The Labute approximate surface area is 116 Å². The first-order valence-electron chi connectivity index (χ1n) is 5.77. The first-order valence-corrected chi connectivity index (χ1v) is 6.75. The highest BCUT2D eigenvalue weighted by Crippen LogP contribution is 2.22. The summed E-state index contributed by atoms with van der Waals surface area (Å²) in [5, 5.41) is 22.2. The molecule has 3 N–H and O–H groups in total. The Balaban J connectivity index is 2.72. The Bertz CT molecular complexity index is 464. The second-order valence-corrected chi connectivity index (χ2v) is 5.32. The van der Waals surface area contributed by atoms with E-state index in [0.717, 1.165) is 11.8 Å². The van der Waals surface area contributed by atoms with Gasteiger partial charge in [-0.1, -0.05) is 23.9 Å². The molecule has 6 heteroatoms. The van der Waals surface area contributed by atoms with Gasteiger partial charge in [0.2, 0.25) is 5.91 Å². The molecular weight excluding hydrogens is 266 g/mol. The van der Waals surface area contributed by atoms with Gasteiger partial charge < -0.3 is 15.5 Å². The first-order chi connectivity index (χ1) is 8.90. The molecule has 19 heavy (non-hydrogen) atoms. The van der Waals surface area contributed by atoms with Crippen LogP contribution in [0.2, 0.25) is 0 Å². The zero-order valence-electron chi connectivity index (χ0n) is 10.8. The van der Waals surface area contributed by atoms with Crippen molar-refractivity contribution in [2.45, 2.75) is 26.1 Å². The maximum absolute atomic E-state index is 10.9. The van der Waals surface area contributed by atoms with Crippen LogP contribution in [0.15, 0.2) is 24.3 Å². The fourth-order valence-corrected chi connectivity index (χ4v) is 2.11. The van der Waals surface area contributed by atoms with E-state index in [-0.39, 0.29) is 16.8 Å². The summed E-state index contributed by atoms with van der Waals surface area (Å²) >= 11 is 0.959. The number of thioether (sulfide) groups is 1. The van der Waals surface area contributed by atoms with Gasteiger partial charge in [0.15, 0.2) is 5.12 Å². The number of aliphatic hydroxyl groups is 2. The number of hydrogen-bond donors (Lipinski definition) is 3. The van der Waals surface area contributed by atoms with E-state index in [2.05, 4.69) is 5.32 Å². The van der Waals surface area contributed by atoms with Gasteiger partial charge in [-0.25, -0.2) is 0 Å². The number of rotatable bonds is 5. The molecule has 1 aromatic carbocycles. The smallest absolute Gasteiger partial charge is 0.221 e. The third kappa shape index (κ3) is 5.42. The largest absolute Gasteiger partial charge is 0.389 e. The minimum absolute atomic E-state index is 0.113. The summed E-state index contributed by atoms with van der Waals surface area (Å²) in [6.07, 6.45) is -2.14. The molecule has 104 valence electrons. The van der Waals surface area contributed by atoms with Crippen LogP contribution in [0.1, 0.15) is 25.5 Å². The highest BCUT2D eigenvalue weighted by molar-refractivity contribution is 8.13. The van der Waals surface area contributed by atoms with Gasteiger partial charge in [-0.05, 0) is 17.7 Å².